The molecule has 1 aliphatic rings. The minimum Gasteiger partial charge on any atom is -0.383 e. The average Bonchev–Trinajstić information content (AvgIpc) is 3.47. The molecule has 0 unspecified atom stereocenters. The summed E-state index contributed by atoms with van der Waals surface area (Å²) in [4.78, 5) is 24.5. The molecule has 130 valence electrons. The topological polar surface area (TPSA) is 109 Å². The summed E-state index contributed by atoms with van der Waals surface area (Å²) in [5.41, 5.74) is 7.88. The molecule has 0 radical (unpaired) electrons. The monoisotopic (exact) mass is 355 g/mol. The van der Waals surface area contributed by atoms with Crippen LogP contribution in [0.2, 0.25) is 0 Å². The fraction of sp³-hybridized carbons (Fsp3) is 0.150. The third-order valence-corrected chi connectivity index (χ3v) is 4.60. The highest BCUT2D eigenvalue weighted by atomic mass is 16.2. The van der Waals surface area contributed by atoms with Gasteiger partial charge in [0.05, 0.1) is 17.3 Å². The van der Waals surface area contributed by atoms with E-state index in [9.17, 15) is 10.1 Å². The smallest absolute Gasteiger partial charge is 0.285 e. The van der Waals surface area contributed by atoms with E-state index >= 15 is 0 Å². The number of carbonyl (C=O) groups is 1. The zero-order valence-corrected chi connectivity index (χ0v) is 14.3. The number of nitrogens with one attached hydrogen (secondary N) is 1. The third-order valence-electron chi connectivity index (χ3n) is 4.60. The molecule has 1 amide bonds. The molecule has 27 heavy (non-hydrogen) atoms. The number of rotatable bonds is 3. The van der Waals surface area contributed by atoms with Gasteiger partial charge in [0, 0.05) is 23.6 Å². The molecule has 7 nitrogen and oxygen atoms in total. The van der Waals surface area contributed by atoms with Crippen molar-refractivity contribution in [2.45, 2.75) is 12.5 Å². The van der Waals surface area contributed by atoms with Crippen molar-refractivity contribution in [3.05, 3.63) is 53.0 Å². The average molecular weight is 355 g/mol. The SMILES string of the molecule is C#[N+][C@H]1C[C@@H]1C(=O)Nc1cc2cc(-c3ccccc3C#N)nc(N)c2cn1. The van der Waals surface area contributed by atoms with Crippen molar-refractivity contribution in [2.24, 2.45) is 5.92 Å². The summed E-state index contributed by atoms with van der Waals surface area (Å²) in [5.74, 6) is 0.372. The van der Waals surface area contributed by atoms with Gasteiger partial charge in [-0.15, -0.1) is 0 Å². The fourth-order valence-corrected chi connectivity index (χ4v) is 3.03. The zero-order valence-electron chi connectivity index (χ0n) is 14.3. The number of anilines is 2. The molecule has 1 aliphatic carbocycles. The van der Waals surface area contributed by atoms with Gasteiger partial charge in [-0.05, 0) is 23.6 Å². The third kappa shape index (κ3) is 3.03. The molecule has 2 atom stereocenters. The predicted molar refractivity (Wildman–Crippen MR) is 103 cm³/mol. The van der Waals surface area contributed by atoms with E-state index in [1.165, 1.54) is 0 Å². The Balaban J connectivity index is 1.72. The Kier molecular flexibility index (Phi) is 3.91. The van der Waals surface area contributed by atoms with Crippen LogP contribution in [0.1, 0.15) is 12.0 Å². The number of pyridine rings is 2. The number of nitrogen functional groups attached to an aromatic ring is 1. The number of aromatic nitrogens is 2. The molecule has 3 aromatic rings. The van der Waals surface area contributed by atoms with Gasteiger partial charge < -0.3 is 11.1 Å². The lowest BCUT2D eigenvalue weighted by molar-refractivity contribution is -0.117. The number of carbonyl (C=O) groups excluding carboxylic acids is 1. The Morgan fingerprint density at radius 3 is 2.93 bits per heavy atom. The second-order valence-corrected chi connectivity index (χ2v) is 6.39. The first kappa shape index (κ1) is 16.5. The predicted octanol–water partition coefficient (Wildman–Crippen LogP) is 3.04. The second kappa shape index (κ2) is 6.40. The molecular formula is C20H15N6O+. The molecular weight excluding hydrogens is 340 g/mol. The Bertz CT molecular complexity index is 1160. The lowest BCUT2D eigenvalue weighted by Crippen LogP contribution is -2.16. The number of nitriles is 1. The quantitative estimate of drug-likeness (QED) is 0.750. The van der Waals surface area contributed by atoms with Crippen molar-refractivity contribution in [1.82, 2.24) is 9.97 Å². The maximum Gasteiger partial charge on any atom is 0.285 e. The lowest BCUT2D eigenvalue weighted by atomic mass is 10.0. The van der Waals surface area contributed by atoms with Crippen LogP contribution in [0.25, 0.3) is 26.9 Å². The van der Waals surface area contributed by atoms with Gasteiger partial charge in [0.1, 0.15) is 17.6 Å². The first-order valence-electron chi connectivity index (χ1n) is 8.37. The number of nitrogens with two attached hydrogens (primary N) is 1. The van der Waals surface area contributed by atoms with Gasteiger partial charge in [0.25, 0.3) is 12.6 Å². The minimum atomic E-state index is -0.201. The van der Waals surface area contributed by atoms with E-state index < -0.39 is 0 Å². The summed E-state index contributed by atoms with van der Waals surface area (Å²) in [7, 11) is 0. The molecule has 2 aromatic heterocycles. The number of fused-ring (bicyclic) bond motifs is 1. The number of nitrogens with zero attached hydrogens (tertiary/aromatic N) is 4. The lowest BCUT2D eigenvalue weighted by Gasteiger charge is -2.09. The van der Waals surface area contributed by atoms with Gasteiger partial charge >= 0.3 is 0 Å². The molecule has 0 spiro atoms. The summed E-state index contributed by atoms with van der Waals surface area (Å²) in [6, 6.07) is 12.8. The standard InChI is InChI=1S/C20H14N6O/c1-23-16-8-14(16)20(27)26-18-7-12-6-17(25-19(22)15(12)10-24-18)13-5-3-2-4-11(13)9-21/h1-7,10,14,16H,8H2,(H2-,22,24,25,26,27)/p+1/t14-,16-/m0/s1. The maximum atomic E-state index is 12.2. The second-order valence-electron chi connectivity index (χ2n) is 6.39. The highest BCUT2D eigenvalue weighted by Crippen LogP contribution is 2.35. The van der Waals surface area contributed by atoms with Crippen LogP contribution >= 0.6 is 0 Å². The zero-order chi connectivity index (χ0) is 19.0. The summed E-state index contributed by atoms with van der Waals surface area (Å²) in [6.07, 6.45) is 2.23. The Morgan fingerprint density at radius 1 is 1.37 bits per heavy atom. The van der Waals surface area contributed by atoms with Crippen LogP contribution in [-0.4, -0.2) is 21.9 Å². The van der Waals surface area contributed by atoms with Crippen molar-refractivity contribution in [1.29, 1.82) is 5.26 Å². The van der Waals surface area contributed by atoms with Gasteiger partial charge in [-0.2, -0.15) is 5.26 Å². The van der Waals surface area contributed by atoms with E-state index in [0.717, 1.165) is 5.39 Å². The van der Waals surface area contributed by atoms with Gasteiger partial charge in [-0.1, -0.05) is 23.0 Å². The van der Waals surface area contributed by atoms with E-state index in [-0.39, 0.29) is 17.9 Å². The summed E-state index contributed by atoms with van der Waals surface area (Å²) in [5, 5.41) is 13.5. The van der Waals surface area contributed by atoms with Crippen molar-refractivity contribution >= 4 is 28.3 Å². The van der Waals surface area contributed by atoms with E-state index in [0.29, 0.717) is 40.3 Å². The van der Waals surface area contributed by atoms with E-state index in [1.807, 2.05) is 18.2 Å². The highest BCUT2D eigenvalue weighted by Gasteiger charge is 2.52. The van der Waals surface area contributed by atoms with E-state index in [4.69, 9.17) is 12.3 Å². The number of hydrogen-bond acceptors (Lipinski definition) is 5. The minimum absolute atomic E-state index is 0.112. The normalized spacial score (nSPS) is 17.7. The van der Waals surface area contributed by atoms with Crippen LogP contribution < -0.4 is 11.1 Å². The Morgan fingerprint density at radius 2 is 2.19 bits per heavy atom. The van der Waals surface area contributed by atoms with Crippen molar-refractivity contribution in [3.63, 3.8) is 0 Å². The Hall–Kier alpha value is -3.97. The molecule has 1 fully saturated rings. The molecule has 7 heteroatoms. The molecule has 1 aromatic carbocycles. The highest BCUT2D eigenvalue weighted by molar-refractivity contribution is 5.99. The molecule has 4 rings (SSSR count). The maximum absolute atomic E-state index is 12.2. The Labute approximate surface area is 155 Å². The molecule has 0 saturated heterocycles. The fourth-order valence-electron chi connectivity index (χ4n) is 3.03. The first-order chi connectivity index (χ1) is 13.1. The summed E-state index contributed by atoms with van der Waals surface area (Å²) in [6.45, 7) is 5.23. The van der Waals surface area contributed by atoms with E-state index in [1.54, 1.807) is 24.4 Å². The van der Waals surface area contributed by atoms with Crippen LogP contribution in [-0.2, 0) is 4.79 Å². The summed E-state index contributed by atoms with van der Waals surface area (Å²) >= 11 is 0. The molecule has 1 saturated carbocycles. The van der Waals surface area contributed by atoms with Crippen molar-refractivity contribution < 1.29 is 4.79 Å². The van der Waals surface area contributed by atoms with Gasteiger partial charge in [0.15, 0.2) is 0 Å². The van der Waals surface area contributed by atoms with Gasteiger partial charge in [-0.3, -0.25) is 4.79 Å². The van der Waals surface area contributed by atoms with E-state index in [2.05, 4.69) is 26.2 Å². The van der Waals surface area contributed by atoms with Crippen molar-refractivity contribution in [3.8, 4) is 23.9 Å². The van der Waals surface area contributed by atoms with Crippen LogP contribution in [0.5, 0.6) is 0 Å². The van der Waals surface area contributed by atoms with Crippen LogP contribution in [0, 0.1) is 23.8 Å². The van der Waals surface area contributed by atoms with Crippen LogP contribution in [0.3, 0.4) is 0 Å². The molecule has 0 bridgehead atoms. The largest absolute Gasteiger partial charge is 0.383 e. The first-order valence-corrected chi connectivity index (χ1v) is 8.37. The number of amides is 1. The summed E-state index contributed by atoms with van der Waals surface area (Å²) < 4.78 is 0. The van der Waals surface area contributed by atoms with Crippen LogP contribution in [0.4, 0.5) is 11.6 Å². The number of hydrogen-bond donors (Lipinski definition) is 2. The molecule has 0 aliphatic heterocycles. The molecule has 2 heterocycles. The van der Waals surface area contributed by atoms with Gasteiger partial charge in [-0.25, -0.2) is 9.97 Å². The van der Waals surface area contributed by atoms with Crippen molar-refractivity contribution in [2.75, 3.05) is 11.1 Å². The molecule has 3 N–H and O–H groups in total. The van der Waals surface area contributed by atoms with Crippen LogP contribution in [0.15, 0.2) is 42.6 Å². The number of benzene rings is 1. The van der Waals surface area contributed by atoms with Gasteiger partial charge in [0.2, 0.25) is 5.91 Å².